The van der Waals surface area contributed by atoms with Gasteiger partial charge in [-0.2, -0.15) is 0 Å². The lowest BCUT2D eigenvalue weighted by atomic mass is 10.1. The molecule has 0 aliphatic rings. The van der Waals surface area contributed by atoms with E-state index in [4.69, 9.17) is 14.2 Å². The number of para-hydroxylation sites is 1. The van der Waals surface area contributed by atoms with Crippen LogP contribution in [0.3, 0.4) is 0 Å². The molecule has 0 atom stereocenters. The third kappa shape index (κ3) is 5.35. The van der Waals surface area contributed by atoms with Crippen molar-refractivity contribution in [3.05, 3.63) is 59.2 Å². The summed E-state index contributed by atoms with van der Waals surface area (Å²) < 4.78 is 15.9. The van der Waals surface area contributed by atoms with E-state index in [2.05, 4.69) is 0 Å². The van der Waals surface area contributed by atoms with Gasteiger partial charge in [0.25, 0.3) is 0 Å². The van der Waals surface area contributed by atoms with Crippen molar-refractivity contribution in [3.63, 3.8) is 0 Å². The molecule has 25 heavy (non-hydrogen) atoms. The standard InChI is InChI=1S/C20H22O5/c1-13(2)24-20(22)16-8-10-17(11-9-16)25-18(21)12-23-19-14(3)6-5-7-15(19)4/h5-11,13H,12H2,1-4H3. The highest BCUT2D eigenvalue weighted by Crippen LogP contribution is 2.22. The minimum Gasteiger partial charge on any atom is -0.481 e. The lowest BCUT2D eigenvalue weighted by molar-refractivity contribution is -0.136. The number of carbonyl (C=O) groups excluding carboxylic acids is 2. The van der Waals surface area contributed by atoms with Crippen molar-refractivity contribution in [1.29, 1.82) is 0 Å². The highest BCUT2D eigenvalue weighted by atomic mass is 16.6. The van der Waals surface area contributed by atoms with Gasteiger partial charge in [0.1, 0.15) is 11.5 Å². The quantitative estimate of drug-likeness (QED) is 0.589. The molecule has 2 aromatic carbocycles. The molecule has 0 saturated heterocycles. The van der Waals surface area contributed by atoms with Crippen LogP contribution in [0.5, 0.6) is 11.5 Å². The van der Waals surface area contributed by atoms with E-state index in [1.807, 2.05) is 32.0 Å². The second kappa shape index (κ2) is 8.33. The number of hydrogen-bond donors (Lipinski definition) is 0. The van der Waals surface area contributed by atoms with Crippen LogP contribution < -0.4 is 9.47 Å². The Morgan fingerprint density at radius 2 is 1.56 bits per heavy atom. The van der Waals surface area contributed by atoms with Crippen molar-refractivity contribution in [3.8, 4) is 11.5 Å². The third-order valence-corrected chi connectivity index (χ3v) is 3.41. The molecule has 0 aliphatic carbocycles. The number of benzene rings is 2. The second-order valence-electron chi connectivity index (χ2n) is 5.96. The molecular weight excluding hydrogens is 320 g/mol. The van der Waals surface area contributed by atoms with E-state index in [-0.39, 0.29) is 12.7 Å². The van der Waals surface area contributed by atoms with Gasteiger partial charge in [-0.05, 0) is 63.1 Å². The Balaban J connectivity index is 1.91. The molecule has 0 bridgehead atoms. The predicted octanol–water partition coefficient (Wildman–Crippen LogP) is 3.85. The molecule has 0 unspecified atom stereocenters. The summed E-state index contributed by atoms with van der Waals surface area (Å²) in [7, 11) is 0. The fourth-order valence-corrected chi connectivity index (χ4v) is 2.26. The molecule has 0 aliphatic heterocycles. The van der Waals surface area contributed by atoms with E-state index >= 15 is 0 Å². The van der Waals surface area contributed by atoms with Crippen molar-refractivity contribution in [1.82, 2.24) is 0 Å². The smallest absolute Gasteiger partial charge is 0.349 e. The van der Waals surface area contributed by atoms with E-state index in [1.54, 1.807) is 38.1 Å². The predicted molar refractivity (Wildman–Crippen MR) is 94.0 cm³/mol. The van der Waals surface area contributed by atoms with Gasteiger partial charge in [0.15, 0.2) is 6.61 Å². The van der Waals surface area contributed by atoms with Crippen molar-refractivity contribution in [2.75, 3.05) is 6.61 Å². The van der Waals surface area contributed by atoms with Gasteiger partial charge in [-0.3, -0.25) is 0 Å². The van der Waals surface area contributed by atoms with Crippen LogP contribution in [0.4, 0.5) is 0 Å². The number of hydrogen-bond acceptors (Lipinski definition) is 5. The summed E-state index contributed by atoms with van der Waals surface area (Å²) >= 11 is 0. The zero-order valence-corrected chi connectivity index (χ0v) is 14.9. The highest BCUT2D eigenvalue weighted by Gasteiger charge is 2.12. The van der Waals surface area contributed by atoms with Gasteiger partial charge in [-0.25, -0.2) is 9.59 Å². The molecule has 2 aromatic rings. The summed E-state index contributed by atoms with van der Waals surface area (Å²) in [5, 5.41) is 0. The maximum atomic E-state index is 11.9. The Morgan fingerprint density at radius 1 is 0.960 bits per heavy atom. The zero-order valence-electron chi connectivity index (χ0n) is 14.9. The van der Waals surface area contributed by atoms with Crippen LogP contribution in [0.2, 0.25) is 0 Å². The van der Waals surface area contributed by atoms with Crippen molar-refractivity contribution in [2.24, 2.45) is 0 Å². The lowest BCUT2D eigenvalue weighted by Gasteiger charge is -2.11. The number of ether oxygens (including phenoxy) is 3. The van der Waals surface area contributed by atoms with Crippen LogP contribution in [0.1, 0.15) is 35.3 Å². The molecule has 2 rings (SSSR count). The normalized spacial score (nSPS) is 10.4. The third-order valence-electron chi connectivity index (χ3n) is 3.41. The molecule has 0 fully saturated rings. The minimum atomic E-state index is -0.514. The fourth-order valence-electron chi connectivity index (χ4n) is 2.26. The van der Waals surface area contributed by atoms with Gasteiger partial charge < -0.3 is 14.2 Å². The number of rotatable bonds is 6. The molecular formula is C20H22O5. The summed E-state index contributed by atoms with van der Waals surface area (Å²) in [6.45, 7) is 7.21. The molecule has 0 heterocycles. The highest BCUT2D eigenvalue weighted by molar-refractivity contribution is 5.89. The van der Waals surface area contributed by atoms with Crippen LogP contribution in [0.25, 0.3) is 0 Å². The Bertz CT molecular complexity index is 727. The molecule has 5 heteroatoms. The summed E-state index contributed by atoms with van der Waals surface area (Å²) in [6.07, 6.45) is -0.188. The monoisotopic (exact) mass is 342 g/mol. The lowest BCUT2D eigenvalue weighted by Crippen LogP contribution is -2.18. The van der Waals surface area contributed by atoms with Crippen LogP contribution >= 0.6 is 0 Å². The van der Waals surface area contributed by atoms with E-state index in [9.17, 15) is 9.59 Å². The zero-order chi connectivity index (χ0) is 18.4. The Kier molecular flexibility index (Phi) is 6.17. The van der Waals surface area contributed by atoms with Crippen molar-refractivity contribution < 1.29 is 23.8 Å². The minimum absolute atomic E-state index is 0.188. The first-order valence-electron chi connectivity index (χ1n) is 8.07. The molecule has 0 saturated carbocycles. The number of carbonyl (C=O) groups is 2. The molecule has 0 radical (unpaired) electrons. The van der Waals surface area contributed by atoms with Gasteiger partial charge in [0.2, 0.25) is 0 Å². The van der Waals surface area contributed by atoms with E-state index < -0.39 is 11.9 Å². The summed E-state index contributed by atoms with van der Waals surface area (Å²) in [6, 6.07) is 12.0. The second-order valence-corrected chi connectivity index (χ2v) is 5.96. The SMILES string of the molecule is Cc1cccc(C)c1OCC(=O)Oc1ccc(C(=O)OC(C)C)cc1. The van der Waals surface area contributed by atoms with Gasteiger partial charge in [-0.1, -0.05) is 18.2 Å². The molecule has 0 N–H and O–H groups in total. The Morgan fingerprint density at radius 3 is 2.12 bits per heavy atom. The molecule has 0 amide bonds. The Hall–Kier alpha value is -2.82. The van der Waals surface area contributed by atoms with Gasteiger partial charge in [0, 0.05) is 0 Å². The van der Waals surface area contributed by atoms with Crippen molar-refractivity contribution in [2.45, 2.75) is 33.8 Å². The first kappa shape index (κ1) is 18.5. The molecule has 0 aromatic heterocycles. The maximum absolute atomic E-state index is 11.9. The average molecular weight is 342 g/mol. The maximum Gasteiger partial charge on any atom is 0.349 e. The largest absolute Gasteiger partial charge is 0.481 e. The topological polar surface area (TPSA) is 61.8 Å². The summed E-state index contributed by atoms with van der Waals surface area (Å²) in [4.78, 5) is 23.7. The van der Waals surface area contributed by atoms with Gasteiger partial charge in [0.05, 0.1) is 11.7 Å². The van der Waals surface area contributed by atoms with Crippen LogP contribution in [-0.4, -0.2) is 24.6 Å². The molecule has 132 valence electrons. The van der Waals surface area contributed by atoms with Crippen LogP contribution in [0.15, 0.2) is 42.5 Å². The van der Waals surface area contributed by atoms with Crippen LogP contribution in [0, 0.1) is 13.8 Å². The summed E-state index contributed by atoms with van der Waals surface area (Å²) in [5.74, 6) is 0.105. The summed E-state index contributed by atoms with van der Waals surface area (Å²) in [5.41, 5.74) is 2.32. The van der Waals surface area contributed by atoms with Crippen molar-refractivity contribution >= 4 is 11.9 Å². The van der Waals surface area contributed by atoms with E-state index in [0.29, 0.717) is 17.1 Å². The Labute approximate surface area is 147 Å². The molecule has 0 spiro atoms. The van der Waals surface area contributed by atoms with Crippen LogP contribution in [-0.2, 0) is 9.53 Å². The average Bonchev–Trinajstić information content (AvgIpc) is 2.54. The fraction of sp³-hybridized carbons (Fsp3) is 0.300. The first-order valence-corrected chi connectivity index (χ1v) is 8.07. The number of esters is 2. The van der Waals surface area contributed by atoms with Gasteiger partial charge >= 0.3 is 11.9 Å². The molecule has 5 nitrogen and oxygen atoms in total. The van der Waals surface area contributed by atoms with Gasteiger partial charge in [-0.15, -0.1) is 0 Å². The number of aryl methyl sites for hydroxylation is 2. The first-order chi connectivity index (χ1) is 11.9. The van der Waals surface area contributed by atoms with E-state index in [0.717, 1.165) is 11.1 Å². The van der Waals surface area contributed by atoms with E-state index in [1.165, 1.54) is 0 Å².